The fourth-order valence-electron chi connectivity index (χ4n) is 3.10. The van der Waals surface area contributed by atoms with Gasteiger partial charge in [0.1, 0.15) is 6.61 Å². The largest absolute Gasteiger partial charge is 0.375 e. The van der Waals surface area contributed by atoms with E-state index in [-0.39, 0.29) is 24.3 Å². The number of ether oxygens (including phenoxy) is 1. The van der Waals surface area contributed by atoms with E-state index in [9.17, 15) is 9.59 Å². The first-order valence-electron chi connectivity index (χ1n) is 6.89. The summed E-state index contributed by atoms with van der Waals surface area (Å²) in [7, 11) is 1.49. The number of carbonyl (C=O) groups excluding carboxylic acids is 2. The van der Waals surface area contributed by atoms with Crippen LogP contribution in [0, 0.1) is 0 Å². The molecule has 0 fully saturated rings. The molecule has 106 valence electrons. The van der Waals surface area contributed by atoms with Crippen LogP contribution in [0.15, 0.2) is 12.1 Å². The zero-order valence-electron chi connectivity index (χ0n) is 11.7. The Kier molecular flexibility index (Phi) is 3.22. The summed E-state index contributed by atoms with van der Waals surface area (Å²) in [4.78, 5) is 25.7. The number of hydrogen-bond donors (Lipinski definition) is 1. The molecular formula is C15H18N2O3. The summed E-state index contributed by atoms with van der Waals surface area (Å²) >= 11 is 0. The van der Waals surface area contributed by atoms with E-state index < -0.39 is 0 Å². The van der Waals surface area contributed by atoms with Gasteiger partial charge < -0.3 is 15.0 Å². The van der Waals surface area contributed by atoms with Gasteiger partial charge in [-0.05, 0) is 43.0 Å². The number of carbonyl (C=O) groups is 2. The number of nitrogens with zero attached hydrogens (tertiary/aromatic N) is 1. The lowest BCUT2D eigenvalue weighted by molar-refractivity contribution is -0.120. The van der Waals surface area contributed by atoms with Gasteiger partial charge in [-0.1, -0.05) is 0 Å². The first-order chi connectivity index (χ1) is 9.61. The van der Waals surface area contributed by atoms with Crippen molar-refractivity contribution in [2.75, 3.05) is 30.5 Å². The molecule has 3 rings (SSSR count). The third-order valence-corrected chi connectivity index (χ3v) is 3.98. The van der Waals surface area contributed by atoms with E-state index in [1.54, 1.807) is 0 Å². The van der Waals surface area contributed by atoms with Gasteiger partial charge in [0, 0.05) is 19.3 Å². The topological polar surface area (TPSA) is 58.6 Å². The van der Waals surface area contributed by atoms with Gasteiger partial charge in [-0.25, -0.2) is 0 Å². The van der Waals surface area contributed by atoms with Gasteiger partial charge >= 0.3 is 0 Å². The number of benzene rings is 1. The van der Waals surface area contributed by atoms with Gasteiger partial charge in [-0.15, -0.1) is 0 Å². The van der Waals surface area contributed by atoms with Crippen molar-refractivity contribution in [1.29, 1.82) is 0 Å². The quantitative estimate of drug-likeness (QED) is 0.912. The highest BCUT2D eigenvalue weighted by Crippen LogP contribution is 2.44. The van der Waals surface area contributed by atoms with Crippen LogP contribution >= 0.6 is 0 Å². The summed E-state index contributed by atoms with van der Waals surface area (Å²) in [5.41, 5.74) is 4.00. The molecule has 1 aromatic carbocycles. The minimum Gasteiger partial charge on any atom is -0.375 e. The molecule has 0 unspecified atom stereocenters. The second-order valence-electron chi connectivity index (χ2n) is 5.37. The normalized spacial score (nSPS) is 20.0. The summed E-state index contributed by atoms with van der Waals surface area (Å²) in [5.74, 6) is -0.133. The van der Waals surface area contributed by atoms with Crippen molar-refractivity contribution in [3.8, 4) is 0 Å². The van der Waals surface area contributed by atoms with Crippen LogP contribution in [0.2, 0.25) is 0 Å². The van der Waals surface area contributed by atoms with E-state index in [4.69, 9.17) is 4.74 Å². The van der Waals surface area contributed by atoms with E-state index >= 15 is 0 Å². The highest BCUT2D eigenvalue weighted by atomic mass is 16.5. The smallest absolute Gasteiger partial charge is 0.250 e. The van der Waals surface area contributed by atoms with E-state index in [1.165, 1.54) is 7.11 Å². The molecule has 0 bridgehead atoms. The number of methoxy groups -OCH3 is 1. The Balaban J connectivity index is 1.98. The zero-order chi connectivity index (χ0) is 14.3. The third-order valence-electron chi connectivity index (χ3n) is 3.98. The highest BCUT2D eigenvalue weighted by molar-refractivity contribution is 6.06. The molecule has 20 heavy (non-hydrogen) atoms. The van der Waals surface area contributed by atoms with E-state index in [0.29, 0.717) is 0 Å². The molecule has 0 aliphatic carbocycles. The summed E-state index contributed by atoms with van der Waals surface area (Å²) in [6.45, 7) is 2.77. The summed E-state index contributed by atoms with van der Waals surface area (Å²) in [6.07, 6.45) is 1.92. The average molecular weight is 274 g/mol. The van der Waals surface area contributed by atoms with Crippen molar-refractivity contribution >= 4 is 23.2 Å². The molecule has 0 saturated carbocycles. The second kappa shape index (κ2) is 4.90. The van der Waals surface area contributed by atoms with Gasteiger partial charge in [0.05, 0.1) is 11.6 Å². The lowest BCUT2D eigenvalue weighted by Crippen LogP contribution is -2.32. The molecule has 0 spiro atoms. The fraction of sp³-hybridized carbons (Fsp3) is 0.467. The number of hydrogen-bond acceptors (Lipinski definition) is 3. The molecule has 1 atom stereocenters. The van der Waals surface area contributed by atoms with Crippen LogP contribution in [0.5, 0.6) is 0 Å². The molecule has 5 nitrogen and oxygen atoms in total. The van der Waals surface area contributed by atoms with Crippen LogP contribution in [-0.4, -0.2) is 32.1 Å². The molecule has 0 radical (unpaired) electrons. The van der Waals surface area contributed by atoms with Crippen LogP contribution in [0.25, 0.3) is 0 Å². The Morgan fingerprint density at radius 1 is 1.50 bits per heavy atom. The Morgan fingerprint density at radius 3 is 3.05 bits per heavy atom. The van der Waals surface area contributed by atoms with E-state index in [1.807, 2.05) is 24.0 Å². The molecule has 2 aliphatic heterocycles. The monoisotopic (exact) mass is 274 g/mol. The van der Waals surface area contributed by atoms with Crippen molar-refractivity contribution in [2.24, 2.45) is 0 Å². The minimum absolute atomic E-state index is 0.0347. The molecule has 2 heterocycles. The SMILES string of the molecule is COCC(=O)Nc1cc2c3c(c1)[C@H](C)C(=O)N3CCC2. The number of amides is 2. The van der Waals surface area contributed by atoms with Crippen LogP contribution in [0.1, 0.15) is 30.4 Å². The van der Waals surface area contributed by atoms with Crippen molar-refractivity contribution in [3.63, 3.8) is 0 Å². The molecule has 1 N–H and O–H groups in total. The average Bonchev–Trinajstić information content (AvgIpc) is 2.66. The Morgan fingerprint density at radius 2 is 2.30 bits per heavy atom. The number of anilines is 2. The van der Waals surface area contributed by atoms with Gasteiger partial charge in [0.25, 0.3) is 0 Å². The Hall–Kier alpha value is -1.88. The second-order valence-corrected chi connectivity index (χ2v) is 5.37. The van der Waals surface area contributed by atoms with Crippen LogP contribution in [-0.2, 0) is 20.7 Å². The molecular weight excluding hydrogens is 256 g/mol. The van der Waals surface area contributed by atoms with E-state index in [0.717, 1.165) is 41.9 Å². The molecule has 2 aliphatic rings. The van der Waals surface area contributed by atoms with Gasteiger partial charge in [0.2, 0.25) is 11.8 Å². The predicted octanol–water partition coefficient (Wildman–Crippen LogP) is 1.67. The van der Waals surface area contributed by atoms with Crippen LogP contribution in [0.3, 0.4) is 0 Å². The van der Waals surface area contributed by atoms with Crippen molar-refractivity contribution in [1.82, 2.24) is 0 Å². The first kappa shape index (κ1) is 13.1. The lowest BCUT2D eigenvalue weighted by atomic mass is 9.96. The maximum absolute atomic E-state index is 12.2. The van der Waals surface area contributed by atoms with E-state index in [2.05, 4.69) is 5.32 Å². The maximum Gasteiger partial charge on any atom is 0.250 e. The maximum atomic E-state index is 12.2. The molecule has 1 aromatic rings. The van der Waals surface area contributed by atoms with Crippen LogP contribution in [0.4, 0.5) is 11.4 Å². The summed E-state index contributed by atoms with van der Waals surface area (Å²) in [5, 5.41) is 2.83. The summed E-state index contributed by atoms with van der Waals surface area (Å²) < 4.78 is 4.82. The highest BCUT2D eigenvalue weighted by Gasteiger charge is 2.37. The third kappa shape index (κ3) is 1.98. The predicted molar refractivity (Wildman–Crippen MR) is 76.0 cm³/mol. The first-order valence-corrected chi connectivity index (χ1v) is 6.89. The number of rotatable bonds is 3. The minimum atomic E-state index is -0.177. The van der Waals surface area contributed by atoms with Crippen molar-refractivity contribution in [3.05, 3.63) is 23.3 Å². The van der Waals surface area contributed by atoms with Crippen molar-refractivity contribution < 1.29 is 14.3 Å². The Bertz CT molecular complexity index is 583. The molecule has 0 saturated heterocycles. The van der Waals surface area contributed by atoms with Crippen LogP contribution < -0.4 is 10.2 Å². The summed E-state index contributed by atoms with van der Waals surface area (Å²) in [6, 6.07) is 3.89. The fourth-order valence-corrected chi connectivity index (χ4v) is 3.10. The van der Waals surface area contributed by atoms with Gasteiger partial charge in [-0.2, -0.15) is 0 Å². The molecule has 5 heteroatoms. The van der Waals surface area contributed by atoms with Crippen molar-refractivity contribution in [2.45, 2.75) is 25.7 Å². The number of aryl methyl sites for hydroxylation is 1. The Labute approximate surface area is 117 Å². The van der Waals surface area contributed by atoms with Gasteiger partial charge in [0.15, 0.2) is 0 Å². The van der Waals surface area contributed by atoms with Gasteiger partial charge in [-0.3, -0.25) is 9.59 Å². The lowest BCUT2D eigenvalue weighted by Gasteiger charge is -2.26. The zero-order valence-corrected chi connectivity index (χ0v) is 11.7. The molecule has 0 aromatic heterocycles. The standard InChI is InChI=1S/C15H18N2O3/c1-9-12-7-11(16-13(18)8-20-2)6-10-4-3-5-17(14(10)12)15(9)19/h6-7,9H,3-5,8H2,1-2H3,(H,16,18)/t9-/m0/s1. The number of nitrogens with one attached hydrogen (secondary N) is 1. The molecule has 2 amide bonds.